The zero-order valence-electron chi connectivity index (χ0n) is 15.6. The van der Waals surface area contributed by atoms with Gasteiger partial charge in [-0.05, 0) is 27.7 Å². The molecule has 1 aromatic rings. The molecule has 1 N–H and O–H groups in total. The third-order valence-corrected chi connectivity index (χ3v) is 6.26. The number of amides is 1. The van der Waals surface area contributed by atoms with Crippen LogP contribution in [-0.4, -0.2) is 66.0 Å². The normalized spacial score (nSPS) is 22.1. The second-order valence-corrected chi connectivity index (χ2v) is 8.78. The molecule has 0 radical (unpaired) electrons. The van der Waals surface area contributed by atoms with E-state index in [2.05, 4.69) is 10.4 Å². The number of aromatic nitrogens is 2. The van der Waals surface area contributed by atoms with E-state index >= 15 is 0 Å². The lowest BCUT2D eigenvalue weighted by atomic mass is 10.1. The summed E-state index contributed by atoms with van der Waals surface area (Å²) < 4.78 is 33.6. The molecule has 1 aromatic heterocycles. The molecule has 0 aliphatic carbocycles. The molecule has 1 fully saturated rings. The number of sulfonamides is 1. The van der Waals surface area contributed by atoms with E-state index in [9.17, 15) is 13.2 Å². The Morgan fingerprint density at radius 3 is 2.40 bits per heavy atom. The van der Waals surface area contributed by atoms with E-state index in [1.807, 2.05) is 34.7 Å². The van der Waals surface area contributed by atoms with Gasteiger partial charge in [-0.25, -0.2) is 8.42 Å². The van der Waals surface area contributed by atoms with Gasteiger partial charge in [-0.1, -0.05) is 0 Å². The summed E-state index contributed by atoms with van der Waals surface area (Å²) in [4.78, 5) is 12.1. The second kappa shape index (κ2) is 7.84. The van der Waals surface area contributed by atoms with E-state index in [-0.39, 0.29) is 36.8 Å². The second-order valence-electron chi connectivity index (χ2n) is 6.69. The summed E-state index contributed by atoms with van der Waals surface area (Å²) in [6, 6.07) is 0. The highest BCUT2D eigenvalue weighted by Gasteiger charge is 2.30. The maximum atomic E-state index is 12.4. The van der Waals surface area contributed by atoms with E-state index in [0.29, 0.717) is 13.1 Å². The average Bonchev–Trinajstić information content (AvgIpc) is 2.72. The summed E-state index contributed by atoms with van der Waals surface area (Å²) in [5, 5.41) is 6.98. The Kier molecular flexibility index (Phi) is 6.23. The van der Waals surface area contributed by atoms with Crippen molar-refractivity contribution in [2.75, 3.05) is 25.4 Å². The molecule has 8 nitrogen and oxygen atoms in total. The van der Waals surface area contributed by atoms with Crippen molar-refractivity contribution in [3.63, 3.8) is 0 Å². The molecular weight excluding hydrogens is 344 g/mol. The summed E-state index contributed by atoms with van der Waals surface area (Å²) in [6.07, 6.45) is -0.0359. The van der Waals surface area contributed by atoms with Gasteiger partial charge < -0.3 is 10.1 Å². The molecule has 1 saturated heterocycles. The smallest absolute Gasteiger partial charge is 0.224 e. The molecule has 0 aromatic carbocycles. The van der Waals surface area contributed by atoms with E-state index < -0.39 is 10.0 Å². The molecule has 2 unspecified atom stereocenters. The fraction of sp³-hybridized carbons (Fsp3) is 0.750. The average molecular weight is 372 g/mol. The van der Waals surface area contributed by atoms with Crippen LogP contribution in [0.5, 0.6) is 0 Å². The first-order chi connectivity index (χ1) is 11.6. The van der Waals surface area contributed by atoms with Crippen LogP contribution in [0.4, 0.5) is 0 Å². The third kappa shape index (κ3) is 5.02. The van der Waals surface area contributed by atoms with E-state index in [1.54, 1.807) is 4.68 Å². The molecule has 1 aliphatic heterocycles. The number of nitrogens with one attached hydrogen (secondary N) is 1. The van der Waals surface area contributed by atoms with Crippen LogP contribution >= 0.6 is 0 Å². The van der Waals surface area contributed by atoms with Gasteiger partial charge in [-0.15, -0.1) is 0 Å². The highest BCUT2D eigenvalue weighted by atomic mass is 32.2. The van der Waals surface area contributed by atoms with Gasteiger partial charge >= 0.3 is 0 Å². The largest absolute Gasteiger partial charge is 0.373 e. The Morgan fingerprint density at radius 2 is 1.88 bits per heavy atom. The molecule has 1 aliphatic rings. The molecule has 1 amide bonds. The molecule has 2 atom stereocenters. The maximum Gasteiger partial charge on any atom is 0.224 e. The lowest BCUT2D eigenvalue weighted by Gasteiger charge is -2.34. The zero-order valence-corrected chi connectivity index (χ0v) is 16.4. The van der Waals surface area contributed by atoms with Crippen LogP contribution in [0.25, 0.3) is 0 Å². The van der Waals surface area contributed by atoms with Crippen LogP contribution in [0, 0.1) is 13.8 Å². The summed E-state index contributed by atoms with van der Waals surface area (Å²) in [5.41, 5.74) is 2.65. The van der Waals surface area contributed by atoms with E-state index in [4.69, 9.17) is 4.74 Å². The number of morpholine rings is 1. The number of ether oxygens (including phenoxy) is 1. The fourth-order valence-electron chi connectivity index (χ4n) is 3.10. The first-order valence-corrected chi connectivity index (χ1v) is 10.1. The fourth-order valence-corrected chi connectivity index (χ4v) is 4.60. The third-order valence-electron chi connectivity index (χ3n) is 4.46. The summed E-state index contributed by atoms with van der Waals surface area (Å²) in [7, 11) is -1.57. The van der Waals surface area contributed by atoms with Gasteiger partial charge in [0, 0.05) is 37.9 Å². The quantitative estimate of drug-likeness (QED) is 0.766. The first kappa shape index (κ1) is 19.9. The number of hydrogen-bond acceptors (Lipinski definition) is 5. The monoisotopic (exact) mass is 372 g/mol. The Hall–Kier alpha value is -1.45. The molecular formula is C16H28N4O4S. The Labute approximate surface area is 149 Å². The van der Waals surface area contributed by atoms with Gasteiger partial charge in [-0.3, -0.25) is 9.48 Å². The molecule has 0 saturated carbocycles. The van der Waals surface area contributed by atoms with Crippen molar-refractivity contribution in [1.29, 1.82) is 0 Å². The Balaban J connectivity index is 1.86. The minimum atomic E-state index is -3.41. The molecule has 0 bridgehead atoms. The van der Waals surface area contributed by atoms with Gasteiger partial charge in [0.05, 0.1) is 30.1 Å². The van der Waals surface area contributed by atoms with Gasteiger partial charge in [0.15, 0.2) is 0 Å². The number of aryl methyl sites for hydroxylation is 2. The highest BCUT2D eigenvalue weighted by Crippen LogP contribution is 2.15. The SMILES string of the molecule is Cc1nn(C)c(C)c1CC(=O)NCCS(=O)(=O)N1CC(C)OC(C)C1. The minimum absolute atomic E-state index is 0.0969. The van der Waals surface area contributed by atoms with Crippen molar-refractivity contribution in [1.82, 2.24) is 19.4 Å². The molecule has 9 heteroatoms. The highest BCUT2D eigenvalue weighted by molar-refractivity contribution is 7.89. The van der Waals surface area contributed by atoms with Crippen molar-refractivity contribution in [2.45, 2.75) is 46.3 Å². The molecule has 142 valence electrons. The van der Waals surface area contributed by atoms with E-state index in [0.717, 1.165) is 17.0 Å². The molecule has 25 heavy (non-hydrogen) atoms. The Morgan fingerprint density at radius 1 is 1.28 bits per heavy atom. The van der Waals surface area contributed by atoms with Crippen molar-refractivity contribution in [3.05, 3.63) is 17.0 Å². The molecule has 0 spiro atoms. The van der Waals surface area contributed by atoms with Crippen LogP contribution in [0.15, 0.2) is 0 Å². The van der Waals surface area contributed by atoms with Gasteiger partial charge in [0.1, 0.15) is 0 Å². The lowest BCUT2D eigenvalue weighted by Crippen LogP contribution is -2.49. The number of hydrogen-bond donors (Lipinski definition) is 1. The van der Waals surface area contributed by atoms with Gasteiger partial charge in [-0.2, -0.15) is 9.40 Å². The minimum Gasteiger partial charge on any atom is -0.373 e. The topological polar surface area (TPSA) is 93.5 Å². The summed E-state index contributed by atoms with van der Waals surface area (Å²) in [5.74, 6) is -0.304. The maximum absolute atomic E-state index is 12.4. The van der Waals surface area contributed by atoms with Gasteiger partial charge in [0.25, 0.3) is 0 Å². The first-order valence-electron chi connectivity index (χ1n) is 8.49. The number of carbonyl (C=O) groups is 1. The van der Waals surface area contributed by atoms with Crippen molar-refractivity contribution in [3.8, 4) is 0 Å². The van der Waals surface area contributed by atoms with E-state index in [1.165, 1.54) is 4.31 Å². The lowest BCUT2D eigenvalue weighted by molar-refractivity contribution is -0.120. The van der Waals surface area contributed by atoms with Crippen molar-refractivity contribution >= 4 is 15.9 Å². The van der Waals surface area contributed by atoms with Crippen molar-refractivity contribution < 1.29 is 17.9 Å². The van der Waals surface area contributed by atoms with Crippen molar-refractivity contribution in [2.24, 2.45) is 7.05 Å². The summed E-state index contributed by atoms with van der Waals surface area (Å²) in [6.45, 7) is 8.30. The van der Waals surface area contributed by atoms with Crippen LogP contribution in [-0.2, 0) is 33.0 Å². The molecule has 2 heterocycles. The summed E-state index contributed by atoms with van der Waals surface area (Å²) >= 11 is 0. The van der Waals surface area contributed by atoms with Crippen LogP contribution in [0.2, 0.25) is 0 Å². The van der Waals surface area contributed by atoms with Crippen LogP contribution in [0.3, 0.4) is 0 Å². The predicted octanol–water partition coefficient (Wildman–Crippen LogP) is 0.135. The number of rotatable bonds is 6. The van der Waals surface area contributed by atoms with Crippen LogP contribution in [0.1, 0.15) is 30.8 Å². The zero-order chi connectivity index (χ0) is 18.8. The number of nitrogens with zero attached hydrogens (tertiary/aromatic N) is 3. The predicted molar refractivity (Wildman–Crippen MR) is 94.8 cm³/mol. The van der Waals surface area contributed by atoms with Crippen LogP contribution < -0.4 is 5.32 Å². The molecule has 2 rings (SSSR count). The standard InChI is InChI=1S/C16H28N4O4S/c1-11-9-20(10-12(2)24-11)25(22,23)7-6-17-16(21)8-15-13(3)18-19(5)14(15)4/h11-12H,6-10H2,1-5H3,(H,17,21). The Bertz CT molecular complexity index is 719. The number of carbonyl (C=O) groups excluding carboxylic acids is 1. The van der Waals surface area contributed by atoms with Gasteiger partial charge in [0.2, 0.25) is 15.9 Å².